The molecule has 0 radical (unpaired) electrons. The van der Waals surface area contributed by atoms with Crippen molar-refractivity contribution in [1.82, 2.24) is 4.90 Å². The molecule has 0 bridgehead atoms. The van der Waals surface area contributed by atoms with Crippen LogP contribution >= 0.6 is 0 Å². The predicted octanol–water partition coefficient (Wildman–Crippen LogP) is 2.16. The lowest BCUT2D eigenvalue weighted by Gasteiger charge is -2.12. The lowest BCUT2D eigenvalue weighted by atomic mass is 10.1. The van der Waals surface area contributed by atoms with Gasteiger partial charge in [0.05, 0.1) is 6.61 Å². The Morgan fingerprint density at radius 3 is 2.38 bits per heavy atom. The molecule has 0 N–H and O–H groups in total. The molecule has 0 aliphatic heterocycles. The highest BCUT2D eigenvalue weighted by molar-refractivity contribution is 5.30. The van der Waals surface area contributed by atoms with Crippen LogP contribution in [0, 0.1) is 4.91 Å². The molecule has 0 atom stereocenters. The number of methoxy groups -OCH3 is 1. The number of hydrogen-bond donors (Lipinski definition) is 0. The van der Waals surface area contributed by atoms with Gasteiger partial charge in [-0.3, -0.25) is 0 Å². The van der Waals surface area contributed by atoms with E-state index in [2.05, 4.69) is 16.1 Å². The first-order chi connectivity index (χ1) is 7.65. The molecule has 0 fully saturated rings. The zero-order chi connectivity index (χ0) is 12.0. The third-order valence-electron chi connectivity index (χ3n) is 2.17. The number of hydrogen-bond acceptors (Lipinski definition) is 4. The van der Waals surface area contributed by atoms with E-state index < -0.39 is 0 Å². The van der Waals surface area contributed by atoms with Gasteiger partial charge >= 0.3 is 0 Å². The van der Waals surface area contributed by atoms with Gasteiger partial charge in [0.2, 0.25) is 0 Å². The second kappa shape index (κ2) is 6.35. The molecule has 16 heavy (non-hydrogen) atoms. The van der Waals surface area contributed by atoms with E-state index in [1.54, 1.807) is 7.11 Å². The van der Waals surface area contributed by atoms with Gasteiger partial charge in [0, 0.05) is 13.7 Å². The van der Waals surface area contributed by atoms with Crippen molar-refractivity contribution in [1.29, 1.82) is 0 Å². The summed E-state index contributed by atoms with van der Waals surface area (Å²) >= 11 is 0. The van der Waals surface area contributed by atoms with Crippen LogP contribution in [0.4, 0.5) is 0 Å². The van der Waals surface area contributed by atoms with E-state index in [9.17, 15) is 4.91 Å². The number of nitrogens with zero attached hydrogens (tertiary/aromatic N) is 2. The normalized spacial score (nSPS) is 10.8. The largest absolute Gasteiger partial charge is 0.380 e. The minimum atomic E-state index is 0.220. The van der Waals surface area contributed by atoms with E-state index in [0.29, 0.717) is 6.61 Å². The van der Waals surface area contributed by atoms with E-state index in [1.165, 1.54) is 5.56 Å². The van der Waals surface area contributed by atoms with Crippen LogP contribution in [0.5, 0.6) is 0 Å². The van der Waals surface area contributed by atoms with Crippen molar-refractivity contribution in [3.63, 3.8) is 0 Å². The van der Waals surface area contributed by atoms with Crippen LogP contribution in [0.1, 0.15) is 16.7 Å². The summed E-state index contributed by atoms with van der Waals surface area (Å²) in [6, 6.07) is 6.07. The summed E-state index contributed by atoms with van der Waals surface area (Å²) in [7, 11) is 5.69. The van der Waals surface area contributed by atoms with E-state index in [0.717, 1.165) is 17.7 Å². The highest BCUT2D eigenvalue weighted by Crippen LogP contribution is 2.13. The quantitative estimate of drug-likeness (QED) is 0.693. The van der Waals surface area contributed by atoms with E-state index in [1.807, 2.05) is 26.2 Å². The number of rotatable bonds is 6. The van der Waals surface area contributed by atoms with Crippen molar-refractivity contribution >= 4 is 0 Å². The molecule has 0 aliphatic carbocycles. The molecule has 1 aromatic rings. The van der Waals surface area contributed by atoms with Gasteiger partial charge in [0.15, 0.2) is 0 Å². The Bertz CT molecular complexity index is 351. The van der Waals surface area contributed by atoms with Gasteiger partial charge in [-0.1, -0.05) is 23.4 Å². The van der Waals surface area contributed by atoms with Crippen molar-refractivity contribution in [2.75, 3.05) is 21.2 Å². The average Bonchev–Trinajstić information content (AvgIpc) is 2.17. The van der Waals surface area contributed by atoms with Crippen molar-refractivity contribution in [3.8, 4) is 0 Å². The predicted molar refractivity (Wildman–Crippen MR) is 64.0 cm³/mol. The topological polar surface area (TPSA) is 41.9 Å². The molecule has 0 saturated heterocycles. The first kappa shape index (κ1) is 12.8. The van der Waals surface area contributed by atoms with E-state index >= 15 is 0 Å². The molecule has 0 aromatic heterocycles. The molecular weight excluding hydrogens is 204 g/mol. The molecule has 1 aromatic carbocycles. The van der Waals surface area contributed by atoms with Gasteiger partial charge in [-0.15, -0.1) is 0 Å². The Balaban J connectivity index is 2.93. The highest BCUT2D eigenvalue weighted by Gasteiger charge is 2.02. The van der Waals surface area contributed by atoms with Crippen LogP contribution in [0.2, 0.25) is 0 Å². The number of benzene rings is 1. The van der Waals surface area contributed by atoms with Crippen molar-refractivity contribution < 1.29 is 4.74 Å². The van der Waals surface area contributed by atoms with E-state index in [4.69, 9.17) is 4.74 Å². The Morgan fingerprint density at radius 1 is 1.19 bits per heavy atom. The van der Waals surface area contributed by atoms with Crippen LogP contribution in [-0.4, -0.2) is 26.1 Å². The first-order valence-electron chi connectivity index (χ1n) is 5.20. The van der Waals surface area contributed by atoms with Gasteiger partial charge in [0.1, 0.15) is 6.54 Å². The zero-order valence-corrected chi connectivity index (χ0v) is 10.1. The number of ether oxygens (including phenoxy) is 1. The molecule has 0 spiro atoms. The van der Waals surface area contributed by atoms with Crippen molar-refractivity contribution in [2.24, 2.45) is 5.18 Å². The summed E-state index contributed by atoms with van der Waals surface area (Å²) in [6.45, 7) is 1.63. The molecule has 88 valence electrons. The molecule has 0 amide bonds. The molecular formula is C12H18N2O2. The van der Waals surface area contributed by atoms with E-state index in [-0.39, 0.29) is 6.54 Å². The summed E-state index contributed by atoms with van der Waals surface area (Å²) in [5.41, 5.74) is 3.21. The summed E-state index contributed by atoms with van der Waals surface area (Å²) in [5.74, 6) is 0. The lowest BCUT2D eigenvalue weighted by Crippen LogP contribution is -2.11. The van der Waals surface area contributed by atoms with Gasteiger partial charge in [-0.05, 0) is 30.8 Å². The number of nitroso groups, excluding NO2 is 1. The van der Waals surface area contributed by atoms with Gasteiger partial charge in [-0.25, -0.2) is 0 Å². The lowest BCUT2D eigenvalue weighted by molar-refractivity contribution is 0.184. The summed E-state index contributed by atoms with van der Waals surface area (Å²) in [4.78, 5) is 12.4. The molecule has 0 aliphatic rings. The maximum absolute atomic E-state index is 10.3. The molecule has 4 nitrogen and oxygen atoms in total. The fourth-order valence-corrected chi connectivity index (χ4v) is 1.71. The third-order valence-corrected chi connectivity index (χ3v) is 2.17. The molecule has 0 unspecified atom stereocenters. The fourth-order valence-electron chi connectivity index (χ4n) is 1.71. The Hall–Kier alpha value is -1.26. The summed E-state index contributed by atoms with van der Waals surface area (Å²) in [6.07, 6.45) is 0. The smallest absolute Gasteiger partial charge is 0.106 e. The summed E-state index contributed by atoms with van der Waals surface area (Å²) < 4.78 is 5.10. The molecule has 1 rings (SSSR count). The minimum absolute atomic E-state index is 0.220. The maximum Gasteiger partial charge on any atom is 0.106 e. The first-order valence-corrected chi connectivity index (χ1v) is 5.20. The third kappa shape index (κ3) is 4.08. The summed E-state index contributed by atoms with van der Waals surface area (Å²) in [5, 5.41) is 2.92. The highest BCUT2D eigenvalue weighted by atomic mass is 16.5. The Morgan fingerprint density at radius 2 is 1.81 bits per heavy atom. The van der Waals surface area contributed by atoms with Crippen LogP contribution in [0.15, 0.2) is 23.4 Å². The van der Waals surface area contributed by atoms with Crippen LogP contribution in [0.3, 0.4) is 0 Å². The second-order valence-corrected chi connectivity index (χ2v) is 4.12. The molecule has 0 heterocycles. The van der Waals surface area contributed by atoms with Crippen molar-refractivity contribution in [2.45, 2.75) is 19.7 Å². The monoisotopic (exact) mass is 222 g/mol. The van der Waals surface area contributed by atoms with Crippen molar-refractivity contribution in [3.05, 3.63) is 39.8 Å². The van der Waals surface area contributed by atoms with Gasteiger partial charge in [0.25, 0.3) is 0 Å². The minimum Gasteiger partial charge on any atom is -0.380 e. The van der Waals surface area contributed by atoms with Crippen LogP contribution in [-0.2, 0) is 24.4 Å². The Kier molecular flexibility index (Phi) is 5.08. The molecule has 0 saturated carbocycles. The second-order valence-electron chi connectivity index (χ2n) is 4.12. The SMILES string of the molecule is COCc1cc(CN=O)cc(CN(C)C)c1. The Labute approximate surface area is 96.2 Å². The van der Waals surface area contributed by atoms with Gasteiger partial charge in [-0.2, -0.15) is 4.91 Å². The average molecular weight is 222 g/mol. The standard InChI is InChI=1S/C12H18N2O2/c1-14(2)8-11-4-10(7-13-15)5-12(6-11)9-16-3/h4-6H,7-9H2,1-3H3. The van der Waals surface area contributed by atoms with Gasteiger partial charge < -0.3 is 9.64 Å². The fraction of sp³-hybridized carbons (Fsp3) is 0.500. The van der Waals surface area contributed by atoms with Crippen LogP contribution < -0.4 is 0 Å². The van der Waals surface area contributed by atoms with Crippen LogP contribution in [0.25, 0.3) is 0 Å². The maximum atomic E-state index is 10.3. The molecule has 4 heteroatoms. The zero-order valence-electron chi connectivity index (χ0n) is 10.1.